The van der Waals surface area contributed by atoms with Gasteiger partial charge in [0, 0.05) is 41.8 Å². The minimum Gasteiger partial charge on any atom is -0.376 e. The Balaban J connectivity index is 1.29. The number of anilines is 1. The summed E-state index contributed by atoms with van der Waals surface area (Å²) < 4.78 is 7.42. The molecule has 7 nitrogen and oxygen atoms in total. The smallest absolute Gasteiger partial charge is 0.251 e. The molecule has 2 amide bonds. The Morgan fingerprint density at radius 1 is 1.18 bits per heavy atom. The fourth-order valence-electron chi connectivity index (χ4n) is 4.27. The molecule has 0 aliphatic carbocycles. The predicted octanol–water partition coefficient (Wildman–Crippen LogP) is 4.05. The number of nitrogens with zero attached hydrogens (tertiary/aromatic N) is 3. The average Bonchev–Trinajstić information content (AvgIpc) is 3.50. The van der Waals surface area contributed by atoms with Crippen molar-refractivity contribution in [3.63, 3.8) is 0 Å². The molecule has 1 fully saturated rings. The number of halogens is 1. The highest BCUT2D eigenvalue weighted by Gasteiger charge is 2.26. The van der Waals surface area contributed by atoms with Crippen LogP contribution in [0, 0.1) is 0 Å². The highest BCUT2D eigenvalue weighted by molar-refractivity contribution is 6.30. The van der Waals surface area contributed by atoms with Crippen molar-refractivity contribution in [2.45, 2.75) is 38.5 Å². The number of hydrogen-bond donors (Lipinski definition) is 1. The average molecular weight is 465 g/mol. The highest BCUT2D eigenvalue weighted by Crippen LogP contribution is 2.30. The summed E-state index contributed by atoms with van der Waals surface area (Å²) in [6.45, 7) is 2.26. The summed E-state index contributed by atoms with van der Waals surface area (Å²) in [5, 5.41) is 8.26. The van der Waals surface area contributed by atoms with Crippen LogP contribution in [0.25, 0.3) is 11.3 Å². The third kappa shape index (κ3) is 4.79. The third-order valence-corrected chi connectivity index (χ3v) is 6.30. The number of aromatic nitrogens is 2. The summed E-state index contributed by atoms with van der Waals surface area (Å²) in [6.07, 6.45) is 2.54. The van der Waals surface area contributed by atoms with Crippen LogP contribution in [-0.4, -0.2) is 40.9 Å². The standard InChI is InChI=1S/C25H25ClN4O3/c26-20-4-1-3-19(13-20)22-14-23-29(24(31)10-11-30(23)28-22)16-17-6-8-18(9-7-17)25(32)27-15-21-5-2-12-33-21/h1,3-4,6-9,13-14,21H,2,5,10-12,15-16H2,(H,27,32)/t21-/m0/s1. The second kappa shape index (κ2) is 9.37. The lowest BCUT2D eigenvalue weighted by molar-refractivity contribution is -0.119. The van der Waals surface area contributed by atoms with Crippen LogP contribution < -0.4 is 10.2 Å². The Kier molecular flexibility index (Phi) is 6.15. The van der Waals surface area contributed by atoms with E-state index in [1.807, 2.05) is 47.1 Å². The number of ether oxygens (including phenoxy) is 1. The summed E-state index contributed by atoms with van der Waals surface area (Å²) >= 11 is 6.13. The van der Waals surface area contributed by atoms with E-state index in [9.17, 15) is 9.59 Å². The maximum absolute atomic E-state index is 12.7. The SMILES string of the molecule is O=C(NC[C@@H]1CCCO1)c1ccc(CN2C(=O)CCn3nc(-c4cccc(Cl)c4)cc32)cc1. The molecule has 3 heterocycles. The van der Waals surface area contributed by atoms with Crippen LogP contribution in [0.4, 0.5) is 5.82 Å². The molecule has 3 aromatic rings. The molecular weight excluding hydrogens is 440 g/mol. The van der Waals surface area contributed by atoms with Crippen LogP contribution >= 0.6 is 11.6 Å². The quantitative estimate of drug-likeness (QED) is 0.597. The normalized spacial score (nSPS) is 17.8. The molecule has 0 radical (unpaired) electrons. The first-order valence-corrected chi connectivity index (χ1v) is 11.6. The zero-order chi connectivity index (χ0) is 22.8. The number of benzene rings is 2. The minimum atomic E-state index is -0.115. The van der Waals surface area contributed by atoms with Crippen LogP contribution in [0.2, 0.25) is 5.02 Å². The van der Waals surface area contributed by atoms with Crippen molar-refractivity contribution in [3.05, 3.63) is 70.7 Å². The summed E-state index contributed by atoms with van der Waals surface area (Å²) in [6, 6.07) is 16.8. The van der Waals surface area contributed by atoms with Gasteiger partial charge in [-0.1, -0.05) is 35.9 Å². The van der Waals surface area contributed by atoms with Gasteiger partial charge in [0.05, 0.1) is 24.9 Å². The van der Waals surface area contributed by atoms with Crippen molar-refractivity contribution in [1.29, 1.82) is 0 Å². The number of carbonyl (C=O) groups excluding carboxylic acids is 2. The van der Waals surface area contributed by atoms with Crippen molar-refractivity contribution in [2.24, 2.45) is 0 Å². The lowest BCUT2D eigenvalue weighted by Crippen LogP contribution is -2.37. The van der Waals surface area contributed by atoms with Crippen LogP contribution in [0.15, 0.2) is 54.6 Å². The topological polar surface area (TPSA) is 76.5 Å². The molecule has 170 valence electrons. The lowest BCUT2D eigenvalue weighted by Gasteiger charge is -2.27. The molecule has 1 N–H and O–H groups in total. The van der Waals surface area contributed by atoms with Gasteiger partial charge in [0.25, 0.3) is 5.91 Å². The Bertz CT molecular complexity index is 1170. The van der Waals surface area contributed by atoms with Gasteiger partial charge in [-0.3, -0.25) is 14.5 Å². The van der Waals surface area contributed by atoms with E-state index in [4.69, 9.17) is 16.3 Å². The molecule has 0 unspecified atom stereocenters. The van der Waals surface area contributed by atoms with Crippen molar-refractivity contribution < 1.29 is 14.3 Å². The number of hydrogen-bond acceptors (Lipinski definition) is 4. The van der Waals surface area contributed by atoms with E-state index in [1.54, 1.807) is 17.0 Å². The van der Waals surface area contributed by atoms with Gasteiger partial charge < -0.3 is 10.1 Å². The van der Waals surface area contributed by atoms with E-state index < -0.39 is 0 Å². The van der Waals surface area contributed by atoms with E-state index in [1.165, 1.54) is 0 Å². The molecule has 0 spiro atoms. The number of nitrogens with one attached hydrogen (secondary N) is 1. The summed E-state index contributed by atoms with van der Waals surface area (Å²) in [5.41, 5.74) is 3.23. The number of amides is 2. The summed E-state index contributed by atoms with van der Waals surface area (Å²) in [4.78, 5) is 26.9. The van der Waals surface area contributed by atoms with Crippen LogP contribution in [0.1, 0.15) is 35.2 Å². The maximum atomic E-state index is 12.7. The fourth-order valence-corrected chi connectivity index (χ4v) is 4.46. The molecule has 1 aromatic heterocycles. The number of aryl methyl sites for hydroxylation is 1. The summed E-state index contributed by atoms with van der Waals surface area (Å²) in [7, 11) is 0. The number of rotatable bonds is 6. The Morgan fingerprint density at radius 3 is 2.79 bits per heavy atom. The molecule has 0 saturated carbocycles. The van der Waals surface area contributed by atoms with Crippen molar-refractivity contribution in [1.82, 2.24) is 15.1 Å². The first kappa shape index (κ1) is 21.7. The monoisotopic (exact) mass is 464 g/mol. The van der Waals surface area contributed by atoms with E-state index in [-0.39, 0.29) is 17.9 Å². The molecule has 8 heteroatoms. The Morgan fingerprint density at radius 2 is 2.03 bits per heavy atom. The second-order valence-corrected chi connectivity index (χ2v) is 8.83. The molecule has 1 atom stereocenters. The summed E-state index contributed by atoms with van der Waals surface area (Å²) in [5.74, 6) is 0.702. The van der Waals surface area contributed by atoms with Crippen LogP contribution in [0.5, 0.6) is 0 Å². The van der Waals surface area contributed by atoms with Gasteiger partial charge in [-0.05, 0) is 42.7 Å². The van der Waals surface area contributed by atoms with Gasteiger partial charge in [0.1, 0.15) is 5.82 Å². The van der Waals surface area contributed by atoms with Crippen molar-refractivity contribution in [3.8, 4) is 11.3 Å². The molecule has 1 saturated heterocycles. The molecule has 33 heavy (non-hydrogen) atoms. The number of fused-ring (bicyclic) bond motifs is 1. The van der Waals surface area contributed by atoms with Gasteiger partial charge in [-0.25, -0.2) is 4.68 Å². The molecule has 0 bridgehead atoms. The van der Waals surface area contributed by atoms with Crippen molar-refractivity contribution in [2.75, 3.05) is 18.1 Å². The molecular formula is C25H25ClN4O3. The fraction of sp³-hybridized carbons (Fsp3) is 0.320. The number of carbonyl (C=O) groups is 2. The second-order valence-electron chi connectivity index (χ2n) is 8.39. The largest absolute Gasteiger partial charge is 0.376 e. The van der Waals surface area contributed by atoms with Gasteiger partial charge in [0.15, 0.2) is 0 Å². The molecule has 5 rings (SSSR count). The maximum Gasteiger partial charge on any atom is 0.251 e. The zero-order valence-electron chi connectivity index (χ0n) is 18.2. The lowest BCUT2D eigenvalue weighted by atomic mass is 10.1. The first-order valence-electron chi connectivity index (χ1n) is 11.2. The highest BCUT2D eigenvalue weighted by atomic mass is 35.5. The molecule has 2 aliphatic rings. The van der Waals surface area contributed by atoms with Gasteiger partial charge in [0.2, 0.25) is 5.91 Å². The minimum absolute atomic E-state index is 0.0541. The third-order valence-electron chi connectivity index (χ3n) is 6.07. The van der Waals surface area contributed by atoms with Gasteiger partial charge in [-0.2, -0.15) is 5.10 Å². The van der Waals surface area contributed by atoms with Crippen LogP contribution in [0.3, 0.4) is 0 Å². The van der Waals surface area contributed by atoms with E-state index >= 15 is 0 Å². The Hall–Kier alpha value is -3.16. The molecule has 2 aliphatic heterocycles. The molecule has 2 aromatic carbocycles. The first-order chi connectivity index (χ1) is 16.1. The van der Waals surface area contributed by atoms with E-state index in [2.05, 4.69) is 10.4 Å². The van der Waals surface area contributed by atoms with E-state index in [0.717, 1.165) is 42.1 Å². The van der Waals surface area contributed by atoms with E-state index in [0.29, 0.717) is 36.6 Å². The van der Waals surface area contributed by atoms with Crippen molar-refractivity contribution >= 4 is 29.2 Å². The zero-order valence-corrected chi connectivity index (χ0v) is 18.9. The van der Waals surface area contributed by atoms with Gasteiger partial charge >= 0.3 is 0 Å². The van der Waals surface area contributed by atoms with Crippen LogP contribution in [-0.2, 0) is 22.6 Å². The Labute approximate surface area is 197 Å². The predicted molar refractivity (Wildman–Crippen MR) is 126 cm³/mol. The van der Waals surface area contributed by atoms with Gasteiger partial charge in [-0.15, -0.1) is 0 Å².